The SMILES string of the molecule is Cc1ccc(CC(=O)N(CCn2cccn2)c2nc3c(F)cccc3s2)cc1C. The van der Waals surface area contributed by atoms with Crippen molar-refractivity contribution in [3.8, 4) is 0 Å². The van der Waals surface area contributed by atoms with Gasteiger partial charge in [0.15, 0.2) is 5.13 Å². The van der Waals surface area contributed by atoms with Crippen molar-refractivity contribution >= 4 is 32.6 Å². The third-order valence-corrected chi connectivity index (χ3v) is 5.97. The van der Waals surface area contributed by atoms with Crippen LogP contribution in [0.3, 0.4) is 0 Å². The van der Waals surface area contributed by atoms with Crippen molar-refractivity contribution in [1.82, 2.24) is 14.8 Å². The average molecular weight is 409 g/mol. The second kappa shape index (κ2) is 8.13. The van der Waals surface area contributed by atoms with E-state index in [4.69, 9.17) is 0 Å². The van der Waals surface area contributed by atoms with Crippen LogP contribution in [0.15, 0.2) is 54.9 Å². The van der Waals surface area contributed by atoms with Crippen LogP contribution in [0.5, 0.6) is 0 Å². The standard InChI is InChI=1S/C22H21FN4OS/c1-15-7-8-17(13-16(15)2)14-20(28)27(12-11-26-10-4-9-24-26)22-25-21-18(23)5-3-6-19(21)29-22/h3-10,13H,11-12,14H2,1-2H3. The van der Waals surface area contributed by atoms with Gasteiger partial charge >= 0.3 is 0 Å². The fourth-order valence-corrected chi connectivity index (χ4v) is 4.19. The molecule has 0 atom stereocenters. The minimum atomic E-state index is -0.376. The molecule has 148 valence electrons. The molecular weight excluding hydrogens is 387 g/mol. The summed E-state index contributed by atoms with van der Waals surface area (Å²) in [6, 6.07) is 12.7. The van der Waals surface area contributed by atoms with Crippen molar-refractivity contribution < 1.29 is 9.18 Å². The van der Waals surface area contributed by atoms with Crippen molar-refractivity contribution in [2.75, 3.05) is 11.4 Å². The van der Waals surface area contributed by atoms with Gasteiger partial charge < -0.3 is 0 Å². The zero-order chi connectivity index (χ0) is 20.4. The van der Waals surface area contributed by atoms with Gasteiger partial charge in [0.25, 0.3) is 0 Å². The molecule has 4 rings (SSSR count). The monoisotopic (exact) mass is 408 g/mol. The maximum absolute atomic E-state index is 14.1. The largest absolute Gasteiger partial charge is 0.286 e. The number of aromatic nitrogens is 3. The predicted molar refractivity (Wildman–Crippen MR) is 114 cm³/mol. The number of carbonyl (C=O) groups excluding carboxylic acids is 1. The molecule has 0 spiro atoms. The first-order chi connectivity index (χ1) is 14.0. The summed E-state index contributed by atoms with van der Waals surface area (Å²) in [5, 5.41) is 4.71. The van der Waals surface area contributed by atoms with Gasteiger partial charge in [-0.2, -0.15) is 5.10 Å². The lowest BCUT2D eigenvalue weighted by atomic mass is 10.0. The van der Waals surface area contributed by atoms with Crippen LogP contribution in [-0.2, 0) is 17.8 Å². The van der Waals surface area contributed by atoms with Crippen molar-refractivity contribution in [1.29, 1.82) is 0 Å². The first kappa shape index (κ1) is 19.3. The van der Waals surface area contributed by atoms with Crippen LogP contribution >= 0.6 is 11.3 Å². The van der Waals surface area contributed by atoms with Gasteiger partial charge in [-0.25, -0.2) is 9.37 Å². The number of thiazole rings is 1. The van der Waals surface area contributed by atoms with Gasteiger partial charge in [0.05, 0.1) is 17.7 Å². The molecule has 5 nitrogen and oxygen atoms in total. The highest BCUT2D eigenvalue weighted by molar-refractivity contribution is 7.22. The van der Waals surface area contributed by atoms with E-state index < -0.39 is 0 Å². The molecule has 0 aliphatic heterocycles. The summed E-state index contributed by atoms with van der Waals surface area (Å²) >= 11 is 1.33. The van der Waals surface area contributed by atoms with Gasteiger partial charge in [-0.3, -0.25) is 14.4 Å². The maximum Gasteiger partial charge on any atom is 0.233 e. The first-order valence-corrected chi connectivity index (χ1v) is 10.2. The van der Waals surface area contributed by atoms with Gasteiger partial charge in [-0.05, 0) is 48.7 Å². The average Bonchev–Trinajstić information content (AvgIpc) is 3.35. The van der Waals surface area contributed by atoms with E-state index in [0.29, 0.717) is 23.7 Å². The highest BCUT2D eigenvalue weighted by Crippen LogP contribution is 2.30. The van der Waals surface area contributed by atoms with E-state index in [1.165, 1.54) is 23.0 Å². The molecule has 7 heteroatoms. The van der Waals surface area contributed by atoms with Crippen LogP contribution < -0.4 is 4.90 Å². The molecule has 2 aromatic heterocycles. The lowest BCUT2D eigenvalue weighted by Gasteiger charge is -2.20. The molecule has 0 saturated heterocycles. The van der Waals surface area contributed by atoms with E-state index in [0.717, 1.165) is 15.8 Å². The predicted octanol–water partition coefficient (Wildman–Crippen LogP) is 4.52. The molecule has 0 bridgehead atoms. The molecule has 0 aliphatic rings. The maximum atomic E-state index is 14.1. The molecule has 0 radical (unpaired) electrons. The lowest BCUT2D eigenvalue weighted by Crippen LogP contribution is -2.35. The van der Waals surface area contributed by atoms with Crippen molar-refractivity contribution in [2.24, 2.45) is 0 Å². The number of nitrogens with zero attached hydrogens (tertiary/aromatic N) is 4. The summed E-state index contributed by atoms with van der Waals surface area (Å²) in [5.74, 6) is -0.446. The smallest absolute Gasteiger partial charge is 0.233 e. The second-order valence-electron chi connectivity index (χ2n) is 6.99. The molecule has 0 saturated carbocycles. The zero-order valence-electron chi connectivity index (χ0n) is 16.3. The number of benzene rings is 2. The lowest BCUT2D eigenvalue weighted by molar-refractivity contribution is -0.118. The summed E-state index contributed by atoms with van der Waals surface area (Å²) < 4.78 is 16.6. The number of fused-ring (bicyclic) bond motifs is 1. The highest BCUT2D eigenvalue weighted by atomic mass is 32.1. The third-order valence-electron chi connectivity index (χ3n) is 4.93. The Kier molecular flexibility index (Phi) is 5.40. The number of carbonyl (C=O) groups is 1. The van der Waals surface area contributed by atoms with Gasteiger partial charge in [-0.1, -0.05) is 35.6 Å². The Morgan fingerprint density at radius 1 is 1.17 bits per heavy atom. The quantitative estimate of drug-likeness (QED) is 0.471. The van der Waals surface area contributed by atoms with E-state index >= 15 is 0 Å². The van der Waals surface area contributed by atoms with Crippen molar-refractivity contribution in [3.05, 3.63) is 77.4 Å². The van der Waals surface area contributed by atoms with Crippen LogP contribution in [0, 0.1) is 19.7 Å². The topological polar surface area (TPSA) is 51.0 Å². The third kappa shape index (κ3) is 4.19. The van der Waals surface area contributed by atoms with Gasteiger partial charge in [0, 0.05) is 18.9 Å². The Morgan fingerprint density at radius 2 is 2.03 bits per heavy atom. The number of rotatable bonds is 6. The molecule has 2 heterocycles. The fraction of sp³-hybridized carbons (Fsp3) is 0.227. The molecule has 0 aliphatic carbocycles. The Bertz CT molecular complexity index is 1150. The number of anilines is 1. The second-order valence-corrected chi connectivity index (χ2v) is 8.00. The van der Waals surface area contributed by atoms with E-state index in [1.807, 2.05) is 50.4 Å². The summed E-state index contributed by atoms with van der Waals surface area (Å²) in [6.07, 6.45) is 3.82. The van der Waals surface area contributed by atoms with Crippen molar-refractivity contribution in [3.63, 3.8) is 0 Å². The van der Waals surface area contributed by atoms with E-state index in [1.54, 1.807) is 21.8 Å². The number of hydrogen-bond acceptors (Lipinski definition) is 4. The molecule has 29 heavy (non-hydrogen) atoms. The van der Waals surface area contributed by atoms with E-state index in [-0.39, 0.29) is 18.1 Å². The van der Waals surface area contributed by atoms with Crippen LogP contribution in [0.1, 0.15) is 16.7 Å². The van der Waals surface area contributed by atoms with Crippen LogP contribution in [0.25, 0.3) is 10.2 Å². The Balaban J connectivity index is 1.63. The van der Waals surface area contributed by atoms with Gasteiger partial charge in [0.2, 0.25) is 5.91 Å². The number of halogens is 1. The molecule has 2 aromatic carbocycles. The summed E-state index contributed by atoms with van der Waals surface area (Å²) in [7, 11) is 0. The van der Waals surface area contributed by atoms with Gasteiger partial charge in [-0.15, -0.1) is 0 Å². The highest BCUT2D eigenvalue weighted by Gasteiger charge is 2.21. The fourth-order valence-electron chi connectivity index (χ4n) is 3.16. The molecule has 0 N–H and O–H groups in total. The summed E-state index contributed by atoms with van der Waals surface area (Å²) in [6.45, 7) is 5.03. The number of para-hydroxylation sites is 1. The minimum Gasteiger partial charge on any atom is -0.286 e. The van der Waals surface area contributed by atoms with Gasteiger partial charge in [0.1, 0.15) is 11.3 Å². The normalized spacial score (nSPS) is 11.1. The minimum absolute atomic E-state index is 0.0696. The summed E-state index contributed by atoms with van der Waals surface area (Å²) in [4.78, 5) is 19.3. The van der Waals surface area contributed by atoms with Crippen LogP contribution in [0.2, 0.25) is 0 Å². The number of aryl methyl sites for hydroxylation is 2. The molecule has 0 unspecified atom stereocenters. The molecular formula is C22H21FN4OS. The Hall–Kier alpha value is -3.06. The molecule has 1 amide bonds. The molecule has 4 aromatic rings. The summed E-state index contributed by atoms with van der Waals surface area (Å²) in [5.41, 5.74) is 3.60. The van der Waals surface area contributed by atoms with Crippen LogP contribution in [-0.4, -0.2) is 27.2 Å². The Labute approximate surface area is 172 Å². The van der Waals surface area contributed by atoms with E-state index in [9.17, 15) is 9.18 Å². The molecule has 0 fully saturated rings. The number of amides is 1. The zero-order valence-corrected chi connectivity index (χ0v) is 17.1. The van der Waals surface area contributed by atoms with Crippen molar-refractivity contribution in [2.45, 2.75) is 26.8 Å². The number of hydrogen-bond donors (Lipinski definition) is 0. The van der Waals surface area contributed by atoms with E-state index in [2.05, 4.69) is 10.1 Å². The Morgan fingerprint density at radius 3 is 2.76 bits per heavy atom. The van der Waals surface area contributed by atoms with Crippen LogP contribution in [0.4, 0.5) is 9.52 Å². The first-order valence-electron chi connectivity index (χ1n) is 9.40.